The van der Waals surface area contributed by atoms with E-state index in [9.17, 15) is 4.79 Å². The van der Waals surface area contributed by atoms with E-state index >= 15 is 0 Å². The van der Waals surface area contributed by atoms with Gasteiger partial charge in [0.2, 0.25) is 0 Å². The highest BCUT2D eigenvalue weighted by Gasteiger charge is 2.23. The first-order valence-electron chi connectivity index (χ1n) is 22.3. The molecule has 0 aliphatic heterocycles. The summed E-state index contributed by atoms with van der Waals surface area (Å²) in [5.41, 5.74) is 18.9. The van der Waals surface area contributed by atoms with Crippen molar-refractivity contribution >= 4 is 64.8 Å². The molecule has 1 aliphatic rings. The second-order valence-corrected chi connectivity index (χ2v) is 19.3. The van der Waals surface area contributed by atoms with E-state index in [0.29, 0.717) is 0 Å². The van der Waals surface area contributed by atoms with Crippen LogP contribution in [0.25, 0.3) is 103 Å². The molecule has 0 saturated heterocycles. The lowest BCUT2D eigenvalue weighted by atomic mass is 9.91. The van der Waals surface area contributed by atoms with Crippen LogP contribution in [0.2, 0.25) is 0 Å². The molecule has 0 atom stereocenters. The summed E-state index contributed by atoms with van der Waals surface area (Å²) < 4.78 is 3.92. The standard InChI is InChI=1S/C62H42OS2/c1-3-58-38(2)51-21-10-22-52(61(51)64-58)49-18-8-16-45(34-49)41-12-6-14-43(32-41)47-30-28-39-26-27-40-29-31-48(37-57(40)60(63)56(39)36-47)44-15-7-13-42(33-44)46-17-9-19-50(35-46)53-23-11-24-55-54-20-4-5-25-59(54)65-62(53)55/h3-25,28-37H,1,26-27H2,2H3. The third-order valence-electron chi connectivity index (χ3n) is 13.4. The summed E-state index contributed by atoms with van der Waals surface area (Å²) in [6, 6.07) is 70.1. The maximum Gasteiger partial charge on any atom is 0.193 e. The number of hydrogen-bond donors (Lipinski definition) is 0. The quantitative estimate of drug-likeness (QED) is 0.156. The SMILES string of the molecule is C=Cc1sc2c(-c3cccc(-c4cccc(-c5ccc6c(c5)C(=O)c5cc(-c7cccc(-c8cccc(-c9cccc%10c9sc9ccccc9%10)c8)c7)ccc5CC6)c4)c3)cccc2c1C. The van der Waals surface area contributed by atoms with E-state index in [1.165, 1.54) is 68.5 Å². The monoisotopic (exact) mass is 866 g/mol. The highest BCUT2D eigenvalue weighted by Crippen LogP contribution is 2.42. The summed E-state index contributed by atoms with van der Waals surface area (Å²) in [5.74, 6) is 0.0944. The number of fused-ring (bicyclic) bond motifs is 6. The van der Waals surface area contributed by atoms with E-state index in [1.807, 2.05) is 28.7 Å². The van der Waals surface area contributed by atoms with Crippen molar-refractivity contribution in [2.24, 2.45) is 0 Å². The minimum Gasteiger partial charge on any atom is -0.289 e. The lowest BCUT2D eigenvalue weighted by molar-refractivity contribution is 0.103. The largest absolute Gasteiger partial charge is 0.289 e. The third kappa shape index (κ3) is 6.87. The number of carbonyl (C=O) groups is 1. The maximum absolute atomic E-state index is 14.7. The number of rotatable bonds is 7. The van der Waals surface area contributed by atoms with Crippen LogP contribution in [0.1, 0.15) is 37.5 Å². The molecular formula is C62H42OS2. The van der Waals surface area contributed by atoms with Crippen molar-refractivity contribution in [2.45, 2.75) is 19.8 Å². The Morgan fingerprint density at radius 3 is 1.34 bits per heavy atom. The molecule has 65 heavy (non-hydrogen) atoms. The van der Waals surface area contributed by atoms with Gasteiger partial charge < -0.3 is 0 Å². The van der Waals surface area contributed by atoms with Gasteiger partial charge in [-0.3, -0.25) is 4.79 Å². The summed E-state index contributed by atoms with van der Waals surface area (Å²) in [4.78, 5) is 15.9. The van der Waals surface area contributed by atoms with Gasteiger partial charge in [-0.1, -0.05) is 164 Å². The topological polar surface area (TPSA) is 17.1 Å². The Morgan fingerprint density at radius 2 is 0.815 bits per heavy atom. The number of thiophene rings is 2. The first-order valence-corrected chi connectivity index (χ1v) is 23.9. The minimum atomic E-state index is 0.0944. The van der Waals surface area contributed by atoms with Crippen molar-refractivity contribution in [1.82, 2.24) is 0 Å². The fourth-order valence-electron chi connectivity index (χ4n) is 9.93. The Kier molecular flexibility index (Phi) is 9.63. The van der Waals surface area contributed by atoms with Gasteiger partial charge in [-0.05, 0) is 151 Å². The molecule has 0 unspecified atom stereocenters. The Bertz CT molecular complexity index is 3730. The van der Waals surface area contributed by atoms with E-state index < -0.39 is 0 Å². The second kappa shape index (κ2) is 16.0. The van der Waals surface area contributed by atoms with Gasteiger partial charge in [0.15, 0.2) is 5.78 Å². The van der Waals surface area contributed by atoms with Crippen LogP contribution in [0.15, 0.2) is 201 Å². The van der Waals surface area contributed by atoms with Gasteiger partial charge in [-0.15, -0.1) is 22.7 Å². The van der Waals surface area contributed by atoms with Crippen LogP contribution in [-0.4, -0.2) is 5.78 Å². The van der Waals surface area contributed by atoms with Gasteiger partial charge in [-0.25, -0.2) is 0 Å². The number of carbonyl (C=O) groups excluding carboxylic acids is 1. The molecule has 1 aliphatic carbocycles. The highest BCUT2D eigenvalue weighted by atomic mass is 32.1. The lowest BCUT2D eigenvalue weighted by Crippen LogP contribution is -2.05. The zero-order valence-corrected chi connectivity index (χ0v) is 37.5. The van der Waals surface area contributed by atoms with E-state index in [-0.39, 0.29) is 5.78 Å². The smallest absolute Gasteiger partial charge is 0.193 e. The molecule has 0 fully saturated rings. The third-order valence-corrected chi connectivity index (χ3v) is 15.9. The Balaban J connectivity index is 0.844. The first kappa shape index (κ1) is 39.2. The summed E-state index contributed by atoms with van der Waals surface area (Å²) in [6.45, 7) is 6.24. The van der Waals surface area contributed by atoms with Gasteiger partial charge >= 0.3 is 0 Å². The fraction of sp³-hybridized carbons (Fsp3) is 0.0484. The van der Waals surface area contributed by atoms with E-state index in [4.69, 9.17) is 0 Å². The Labute approximate surface area is 387 Å². The molecule has 0 saturated carbocycles. The predicted octanol–water partition coefficient (Wildman–Crippen LogP) is 17.6. The van der Waals surface area contributed by atoms with Crippen LogP contribution in [0.4, 0.5) is 0 Å². The fourth-order valence-corrected chi connectivity index (χ4v) is 12.4. The van der Waals surface area contributed by atoms with E-state index in [2.05, 4.69) is 208 Å². The van der Waals surface area contributed by atoms with Crippen LogP contribution in [-0.2, 0) is 12.8 Å². The van der Waals surface area contributed by atoms with Gasteiger partial charge in [0, 0.05) is 40.9 Å². The normalized spacial score (nSPS) is 12.4. The summed E-state index contributed by atoms with van der Waals surface area (Å²) in [5, 5.41) is 3.90. The number of aryl methyl sites for hydroxylation is 3. The first-order chi connectivity index (χ1) is 32.0. The Morgan fingerprint density at radius 1 is 0.400 bits per heavy atom. The van der Waals surface area contributed by atoms with Crippen molar-refractivity contribution in [2.75, 3.05) is 0 Å². The van der Waals surface area contributed by atoms with Crippen LogP contribution in [0.5, 0.6) is 0 Å². The van der Waals surface area contributed by atoms with Crippen molar-refractivity contribution in [3.63, 3.8) is 0 Å². The summed E-state index contributed by atoms with van der Waals surface area (Å²) >= 11 is 3.67. The molecule has 2 heterocycles. The predicted molar refractivity (Wildman–Crippen MR) is 279 cm³/mol. The number of hydrogen-bond acceptors (Lipinski definition) is 3. The molecule has 2 aromatic heterocycles. The van der Waals surface area contributed by atoms with Gasteiger partial charge in [0.05, 0.1) is 0 Å². The Hall–Kier alpha value is -7.43. The summed E-state index contributed by atoms with van der Waals surface area (Å²) in [7, 11) is 0. The number of ketones is 1. The van der Waals surface area contributed by atoms with Gasteiger partial charge in [-0.2, -0.15) is 0 Å². The van der Waals surface area contributed by atoms with Crippen molar-refractivity contribution in [3.8, 4) is 66.8 Å². The molecule has 9 aromatic carbocycles. The average Bonchev–Trinajstić information content (AvgIpc) is 3.88. The number of benzene rings is 9. The molecule has 0 N–H and O–H groups in total. The molecule has 0 spiro atoms. The van der Waals surface area contributed by atoms with E-state index in [1.54, 1.807) is 0 Å². The maximum atomic E-state index is 14.7. The van der Waals surface area contributed by atoms with Crippen LogP contribution >= 0.6 is 22.7 Å². The van der Waals surface area contributed by atoms with Gasteiger partial charge in [0.25, 0.3) is 0 Å². The van der Waals surface area contributed by atoms with E-state index in [0.717, 1.165) is 74.0 Å². The van der Waals surface area contributed by atoms with Gasteiger partial charge in [0.1, 0.15) is 0 Å². The molecule has 1 nitrogen and oxygen atoms in total. The van der Waals surface area contributed by atoms with Crippen LogP contribution in [0, 0.1) is 6.92 Å². The van der Waals surface area contributed by atoms with Crippen molar-refractivity contribution in [1.29, 1.82) is 0 Å². The molecular weight excluding hydrogens is 825 g/mol. The highest BCUT2D eigenvalue weighted by molar-refractivity contribution is 7.26. The molecule has 0 radical (unpaired) electrons. The molecule has 0 bridgehead atoms. The molecule has 11 aromatic rings. The molecule has 0 amide bonds. The average molecular weight is 867 g/mol. The second-order valence-electron chi connectivity index (χ2n) is 17.2. The summed E-state index contributed by atoms with van der Waals surface area (Å²) in [6.07, 6.45) is 3.62. The lowest BCUT2D eigenvalue weighted by Gasteiger charge is -2.12. The molecule has 12 rings (SSSR count). The molecule has 308 valence electrons. The van der Waals surface area contributed by atoms with Crippen LogP contribution in [0.3, 0.4) is 0 Å². The van der Waals surface area contributed by atoms with Crippen LogP contribution < -0.4 is 0 Å². The minimum absolute atomic E-state index is 0.0944. The van der Waals surface area contributed by atoms with Crippen molar-refractivity contribution in [3.05, 3.63) is 233 Å². The molecule has 3 heteroatoms. The van der Waals surface area contributed by atoms with Crippen molar-refractivity contribution < 1.29 is 4.79 Å². The zero-order valence-electron chi connectivity index (χ0n) is 35.9. The zero-order chi connectivity index (χ0) is 43.6.